The van der Waals surface area contributed by atoms with Gasteiger partial charge >= 0.3 is 5.97 Å². The van der Waals surface area contributed by atoms with Crippen LogP contribution in [0, 0.1) is 0 Å². The Morgan fingerprint density at radius 3 is 2.67 bits per heavy atom. The summed E-state index contributed by atoms with van der Waals surface area (Å²) in [5.41, 5.74) is 4.23. The molecule has 5 nitrogen and oxygen atoms in total. The first-order chi connectivity index (χ1) is 11.7. The first-order valence-corrected chi connectivity index (χ1v) is 7.89. The Morgan fingerprint density at radius 2 is 1.92 bits per heavy atom. The number of aromatic amines is 1. The van der Waals surface area contributed by atoms with Gasteiger partial charge in [-0.2, -0.15) is 0 Å². The first-order valence-electron chi connectivity index (χ1n) is 7.89. The summed E-state index contributed by atoms with van der Waals surface area (Å²) >= 11 is 0. The molecule has 4 rings (SSSR count). The summed E-state index contributed by atoms with van der Waals surface area (Å²) in [6.07, 6.45) is 0.584. The van der Waals surface area contributed by atoms with Crippen LogP contribution in [0.4, 0.5) is 0 Å². The lowest BCUT2D eigenvalue weighted by Gasteiger charge is -2.30. The first kappa shape index (κ1) is 14.8. The molecule has 24 heavy (non-hydrogen) atoms. The average molecular weight is 322 g/mol. The second-order valence-corrected chi connectivity index (χ2v) is 6.03. The zero-order valence-corrected chi connectivity index (χ0v) is 13.2. The van der Waals surface area contributed by atoms with Gasteiger partial charge in [-0.3, -0.25) is 10.1 Å². The molecule has 2 heterocycles. The number of para-hydroxylation sites is 1. The maximum absolute atomic E-state index is 12.1. The molecular formula is C19H18N2O3. The van der Waals surface area contributed by atoms with E-state index in [1.807, 2.05) is 30.3 Å². The minimum Gasteiger partial charge on any atom is -0.508 e. The molecule has 122 valence electrons. The Hall–Kier alpha value is -2.79. The molecule has 0 spiro atoms. The number of aromatic nitrogens is 1. The molecule has 3 N–H and O–H groups in total. The number of H-pyrrole nitrogens is 1. The summed E-state index contributed by atoms with van der Waals surface area (Å²) < 4.78 is 4.95. The summed E-state index contributed by atoms with van der Waals surface area (Å²) in [5.74, 6) is -0.0503. The summed E-state index contributed by atoms with van der Waals surface area (Å²) in [6.45, 7) is 0. The fourth-order valence-electron chi connectivity index (χ4n) is 3.46. The molecule has 3 aromatic rings. The van der Waals surface area contributed by atoms with E-state index in [4.69, 9.17) is 4.74 Å². The largest absolute Gasteiger partial charge is 0.508 e. The van der Waals surface area contributed by atoms with Gasteiger partial charge in [-0.15, -0.1) is 0 Å². The third kappa shape index (κ3) is 2.34. The van der Waals surface area contributed by atoms with E-state index in [1.165, 1.54) is 7.11 Å². The molecule has 0 saturated heterocycles. The Balaban J connectivity index is 1.86. The highest BCUT2D eigenvalue weighted by Gasteiger charge is 2.34. The summed E-state index contributed by atoms with van der Waals surface area (Å²) in [4.78, 5) is 15.6. The van der Waals surface area contributed by atoms with E-state index in [-0.39, 0.29) is 17.8 Å². The van der Waals surface area contributed by atoms with Crippen molar-refractivity contribution in [3.05, 3.63) is 65.4 Å². The zero-order valence-electron chi connectivity index (χ0n) is 13.2. The molecule has 1 aliphatic rings. The summed E-state index contributed by atoms with van der Waals surface area (Å²) in [7, 11) is 1.41. The number of ether oxygens (including phenoxy) is 1. The van der Waals surface area contributed by atoms with E-state index in [0.717, 1.165) is 27.7 Å². The number of fused-ring (bicyclic) bond motifs is 3. The predicted molar refractivity (Wildman–Crippen MR) is 90.9 cm³/mol. The van der Waals surface area contributed by atoms with E-state index in [1.54, 1.807) is 12.1 Å². The fraction of sp³-hybridized carbons (Fsp3) is 0.211. The molecular weight excluding hydrogens is 304 g/mol. The monoisotopic (exact) mass is 322 g/mol. The van der Waals surface area contributed by atoms with Crippen LogP contribution in [0.25, 0.3) is 10.9 Å². The van der Waals surface area contributed by atoms with Crippen molar-refractivity contribution < 1.29 is 14.6 Å². The Labute approximate surface area is 139 Å². The minimum atomic E-state index is -0.402. The molecule has 2 aromatic carbocycles. The lowest BCUT2D eigenvalue weighted by molar-refractivity contribution is -0.143. The second kappa shape index (κ2) is 5.69. The van der Waals surface area contributed by atoms with Crippen molar-refractivity contribution >= 4 is 16.9 Å². The van der Waals surface area contributed by atoms with E-state index in [2.05, 4.69) is 16.4 Å². The molecule has 0 amide bonds. The molecule has 5 heteroatoms. The lowest BCUT2D eigenvalue weighted by Crippen LogP contribution is -2.45. The Kier molecular flexibility index (Phi) is 3.50. The van der Waals surface area contributed by atoms with Crippen LogP contribution in [-0.2, 0) is 16.0 Å². The number of nitrogens with one attached hydrogen (secondary N) is 2. The van der Waals surface area contributed by atoms with Gasteiger partial charge in [-0.1, -0.05) is 30.3 Å². The molecule has 0 fully saturated rings. The van der Waals surface area contributed by atoms with Gasteiger partial charge in [-0.25, -0.2) is 0 Å². The lowest BCUT2D eigenvalue weighted by atomic mass is 9.90. The third-order valence-electron chi connectivity index (χ3n) is 4.62. The number of hydrogen-bond donors (Lipinski definition) is 3. The number of methoxy groups -OCH3 is 1. The van der Waals surface area contributed by atoms with Gasteiger partial charge in [-0.05, 0) is 29.3 Å². The number of benzene rings is 2. The van der Waals surface area contributed by atoms with Crippen LogP contribution in [0.2, 0.25) is 0 Å². The molecule has 0 saturated carbocycles. The highest BCUT2D eigenvalue weighted by atomic mass is 16.5. The van der Waals surface area contributed by atoms with Crippen LogP contribution in [0.5, 0.6) is 5.75 Å². The number of esters is 1. The third-order valence-corrected chi connectivity index (χ3v) is 4.62. The number of rotatable bonds is 2. The highest BCUT2D eigenvalue weighted by Crippen LogP contribution is 2.35. The summed E-state index contributed by atoms with van der Waals surface area (Å²) in [5, 5.41) is 14.0. The van der Waals surface area contributed by atoms with E-state index >= 15 is 0 Å². The summed E-state index contributed by atoms with van der Waals surface area (Å²) in [6, 6.07) is 14.6. The molecule has 0 unspecified atom stereocenters. The van der Waals surface area contributed by atoms with E-state index in [0.29, 0.717) is 6.42 Å². The number of carbonyl (C=O) groups excluding carboxylic acids is 1. The maximum atomic E-state index is 12.1. The Bertz CT molecular complexity index is 899. The molecule has 0 aliphatic carbocycles. The van der Waals surface area contributed by atoms with Crippen LogP contribution in [0.1, 0.15) is 22.9 Å². The molecule has 0 radical (unpaired) electrons. The second-order valence-electron chi connectivity index (χ2n) is 6.03. The zero-order chi connectivity index (χ0) is 16.7. The molecule has 1 aromatic heterocycles. The maximum Gasteiger partial charge on any atom is 0.323 e. The Morgan fingerprint density at radius 1 is 1.17 bits per heavy atom. The number of carbonyl (C=O) groups is 1. The molecule has 0 bridgehead atoms. The van der Waals surface area contributed by atoms with Crippen molar-refractivity contribution in [1.29, 1.82) is 0 Å². The van der Waals surface area contributed by atoms with Crippen LogP contribution in [0.15, 0.2) is 48.5 Å². The van der Waals surface area contributed by atoms with E-state index in [9.17, 15) is 9.90 Å². The smallest absolute Gasteiger partial charge is 0.323 e. The van der Waals surface area contributed by atoms with Crippen molar-refractivity contribution in [2.24, 2.45) is 0 Å². The van der Waals surface area contributed by atoms with Gasteiger partial charge in [0.1, 0.15) is 11.8 Å². The van der Waals surface area contributed by atoms with Gasteiger partial charge in [0, 0.05) is 23.0 Å². The molecule has 2 atom stereocenters. The van der Waals surface area contributed by atoms with Crippen LogP contribution < -0.4 is 5.32 Å². The average Bonchev–Trinajstić information content (AvgIpc) is 2.99. The van der Waals surface area contributed by atoms with Gasteiger partial charge < -0.3 is 14.8 Å². The number of phenols is 1. The molecule has 1 aliphatic heterocycles. The standard InChI is InChI=1S/C19H18N2O3/c1-24-19(23)16-10-14-13-4-2-3-5-15(13)20-18(14)17(21-16)11-6-8-12(22)9-7-11/h2-9,16-17,20-22H,10H2,1H3/t16-,17+/m1/s1. The highest BCUT2D eigenvalue weighted by molar-refractivity contribution is 5.87. The van der Waals surface area contributed by atoms with Gasteiger partial charge in [0.05, 0.1) is 13.2 Å². The van der Waals surface area contributed by atoms with Crippen LogP contribution >= 0.6 is 0 Å². The van der Waals surface area contributed by atoms with Gasteiger partial charge in [0.15, 0.2) is 0 Å². The van der Waals surface area contributed by atoms with Gasteiger partial charge in [0.2, 0.25) is 0 Å². The fourth-order valence-corrected chi connectivity index (χ4v) is 3.46. The number of hydrogen-bond acceptors (Lipinski definition) is 4. The van der Waals surface area contributed by atoms with Gasteiger partial charge in [0.25, 0.3) is 0 Å². The minimum absolute atomic E-state index is 0.161. The van der Waals surface area contributed by atoms with Crippen LogP contribution in [-0.4, -0.2) is 29.2 Å². The number of phenolic OH excluding ortho intramolecular Hbond substituents is 1. The van der Waals surface area contributed by atoms with Crippen molar-refractivity contribution in [2.75, 3.05) is 7.11 Å². The van der Waals surface area contributed by atoms with E-state index < -0.39 is 6.04 Å². The van der Waals surface area contributed by atoms with Crippen molar-refractivity contribution in [3.63, 3.8) is 0 Å². The normalized spacial score (nSPS) is 19.9. The SMILES string of the molecule is COC(=O)[C@H]1Cc2c([nH]c3ccccc23)[C@H](c2ccc(O)cc2)N1. The predicted octanol–water partition coefficient (Wildman–Crippen LogP) is 2.65. The van der Waals surface area contributed by atoms with Crippen LogP contribution in [0.3, 0.4) is 0 Å². The van der Waals surface area contributed by atoms with Crippen molar-refractivity contribution in [2.45, 2.75) is 18.5 Å². The van der Waals surface area contributed by atoms with Crippen molar-refractivity contribution in [3.8, 4) is 5.75 Å². The van der Waals surface area contributed by atoms with Crippen molar-refractivity contribution in [1.82, 2.24) is 10.3 Å². The number of aromatic hydroxyl groups is 1. The topological polar surface area (TPSA) is 74.4 Å². The quantitative estimate of drug-likeness (QED) is 0.634.